The maximum atomic E-state index is 12.9. The second-order valence-electron chi connectivity index (χ2n) is 9.00. The minimum Gasteiger partial charge on any atom is -0.484 e. The Labute approximate surface area is 231 Å². The van der Waals surface area contributed by atoms with Gasteiger partial charge in [-0.15, -0.1) is 10.2 Å². The van der Waals surface area contributed by atoms with Crippen molar-refractivity contribution in [3.05, 3.63) is 92.2 Å². The van der Waals surface area contributed by atoms with E-state index in [1.54, 1.807) is 18.2 Å². The molecule has 1 aromatic heterocycles. The molecule has 1 heterocycles. The van der Waals surface area contributed by atoms with E-state index in [1.807, 2.05) is 39.2 Å². The maximum absolute atomic E-state index is 12.9. The van der Waals surface area contributed by atoms with Crippen molar-refractivity contribution < 1.29 is 9.53 Å². The van der Waals surface area contributed by atoms with Crippen LogP contribution in [0.15, 0.2) is 53.7 Å². The van der Waals surface area contributed by atoms with E-state index in [1.165, 1.54) is 17.3 Å². The second-order valence-corrected chi connectivity index (χ2v) is 10.8. The molecule has 1 amide bonds. The summed E-state index contributed by atoms with van der Waals surface area (Å²) in [6.07, 6.45) is 0. The number of hydrogen-bond acceptors (Lipinski definition) is 5. The molecule has 0 saturated carbocycles. The smallest absolute Gasteiger partial charge is 0.234 e. The van der Waals surface area contributed by atoms with E-state index in [4.69, 9.17) is 27.9 Å². The van der Waals surface area contributed by atoms with Gasteiger partial charge in [-0.25, -0.2) is 0 Å². The number of halogens is 2. The highest BCUT2D eigenvalue weighted by Crippen LogP contribution is 2.30. The topological polar surface area (TPSA) is 69.0 Å². The molecule has 0 fully saturated rings. The van der Waals surface area contributed by atoms with Crippen LogP contribution in [-0.2, 0) is 11.4 Å². The third kappa shape index (κ3) is 6.47. The fourth-order valence-electron chi connectivity index (χ4n) is 4.11. The van der Waals surface area contributed by atoms with Crippen LogP contribution in [0.3, 0.4) is 0 Å². The Morgan fingerprint density at radius 3 is 2.35 bits per heavy atom. The monoisotopic (exact) mass is 554 g/mol. The number of amides is 1. The summed E-state index contributed by atoms with van der Waals surface area (Å²) in [5.74, 6) is 1.16. The summed E-state index contributed by atoms with van der Waals surface area (Å²) < 4.78 is 7.90. The highest BCUT2D eigenvalue weighted by atomic mass is 35.5. The summed E-state index contributed by atoms with van der Waals surface area (Å²) in [4.78, 5) is 12.9. The number of benzene rings is 3. The van der Waals surface area contributed by atoms with Crippen molar-refractivity contribution in [2.45, 2.75) is 46.4 Å². The average molecular weight is 556 g/mol. The molecule has 0 radical (unpaired) electrons. The zero-order valence-corrected chi connectivity index (χ0v) is 23.7. The third-order valence-corrected chi connectivity index (χ3v) is 7.29. The number of anilines is 1. The Bertz CT molecular complexity index is 1450. The Morgan fingerprint density at radius 1 is 0.919 bits per heavy atom. The number of nitrogens with one attached hydrogen (secondary N) is 1. The van der Waals surface area contributed by atoms with Gasteiger partial charge in [-0.1, -0.05) is 64.8 Å². The average Bonchev–Trinajstić information content (AvgIpc) is 3.23. The van der Waals surface area contributed by atoms with Gasteiger partial charge in [-0.2, -0.15) is 0 Å². The molecule has 0 bridgehead atoms. The van der Waals surface area contributed by atoms with E-state index in [2.05, 4.69) is 45.8 Å². The van der Waals surface area contributed by atoms with Gasteiger partial charge in [-0.3, -0.25) is 9.36 Å². The predicted molar refractivity (Wildman–Crippen MR) is 152 cm³/mol. The number of aryl methyl sites for hydroxylation is 5. The Hall–Kier alpha value is -3.00. The van der Waals surface area contributed by atoms with Crippen molar-refractivity contribution in [2.24, 2.45) is 0 Å². The molecule has 0 aliphatic rings. The van der Waals surface area contributed by atoms with Crippen molar-refractivity contribution in [3.63, 3.8) is 0 Å². The first kappa shape index (κ1) is 27.0. The number of ether oxygens (including phenoxy) is 1. The minimum absolute atomic E-state index is 0.110. The molecule has 192 valence electrons. The first-order chi connectivity index (χ1) is 17.6. The van der Waals surface area contributed by atoms with Crippen LogP contribution in [-0.4, -0.2) is 26.4 Å². The van der Waals surface area contributed by atoms with Gasteiger partial charge in [0, 0.05) is 10.7 Å². The number of hydrogen-bond donors (Lipinski definition) is 1. The molecule has 0 atom stereocenters. The molecular formula is C28H28Cl2N4O2S. The van der Waals surface area contributed by atoms with Crippen LogP contribution in [0.5, 0.6) is 5.75 Å². The predicted octanol–water partition coefficient (Wildman–Crippen LogP) is 7.43. The normalized spacial score (nSPS) is 11.0. The van der Waals surface area contributed by atoms with Crippen LogP contribution in [0.2, 0.25) is 10.0 Å². The van der Waals surface area contributed by atoms with E-state index in [0.717, 1.165) is 33.6 Å². The molecular weight excluding hydrogens is 527 g/mol. The third-order valence-electron chi connectivity index (χ3n) is 5.83. The molecule has 9 heteroatoms. The second kappa shape index (κ2) is 11.6. The lowest BCUT2D eigenvalue weighted by Gasteiger charge is -2.15. The van der Waals surface area contributed by atoms with Gasteiger partial charge in [0.1, 0.15) is 12.4 Å². The van der Waals surface area contributed by atoms with Gasteiger partial charge in [0.25, 0.3) is 0 Å². The van der Waals surface area contributed by atoms with E-state index < -0.39 is 0 Å². The first-order valence-electron chi connectivity index (χ1n) is 11.7. The van der Waals surface area contributed by atoms with Gasteiger partial charge in [0.2, 0.25) is 5.91 Å². The molecule has 37 heavy (non-hydrogen) atoms. The van der Waals surface area contributed by atoms with Crippen LogP contribution in [0.4, 0.5) is 5.69 Å². The van der Waals surface area contributed by atoms with Crippen LogP contribution < -0.4 is 10.1 Å². The molecule has 6 nitrogen and oxygen atoms in total. The summed E-state index contributed by atoms with van der Waals surface area (Å²) in [6, 6.07) is 15.4. The number of aromatic nitrogens is 3. The Morgan fingerprint density at radius 2 is 1.65 bits per heavy atom. The molecule has 1 N–H and O–H groups in total. The summed E-state index contributed by atoms with van der Waals surface area (Å²) in [5.41, 5.74) is 7.16. The summed E-state index contributed by atoms with van der Waals surface area (Å²) in [7, 11) is 0. The number of nitrogens with zero attached hydrogens (tertiary/aromatic N) is 3. The van der Waals surface area contributed by atoms with E-state index in [9.17, 15) is 4.79 Å². The first-order valence-corrected chi connectivity index (χ1v) is 13.5. The lowest BCUT2D eigenvalue weighted by molar-refractivity contribution is -0.113. The molecule has 4 rings (SSSR count). The fourth-order valence-corrected chi connectivity index (χ4v) is 5.33. The highest BCUT2D eigenvalue weighted by Gasteiger charge is 2.19. The van der Waals surface area contributed by atoms with Gasteiger partial charge in [-0.05, 0) is 81.1 Å². The lowest BCUT2D eigenvalue weighted by Crippen LogP contribution is -2.16. The summed E-state index contributed by atoms with van der Waals surface area (Å²) in [5, 5.41) is 13.4. The SMILES string of the molecule is Cc1cc(C)c(NC(=O)CSc2nnc(COc3ccc(Cl)cc3Cl)n2-c2cc(C)ccc2C)c(C)c1. The molecule has 0 spiro atoms. The van der Waals surface area contributed by atoms with Crippen LogP contribution >= 0.6 is 35.0 Å². The maximum Gasteiger partial charge on any atom is 0.234 e. The van der Waals surface area contributed by atoms with Crippen molar-refractivity contribution in [3.8, 4) is 11.4 Å². The van der Waals surface area contributed by atoms with Gasteiger partial charge >= 0.3 is 0 Å². The van der Waals surface area contributed by atoms with Gasteiger partial charge in [0.05, 0.1) is 16.5 Å². The molecule has 0 unspecified atom stereocenters. The van der Waals surface area contributed by atoms with Crippen LogP contribution in [0.1, 0.15) is 33.6 Å². The zero-order valence-electron chi connectivity index (χ0n) is 21.4. The van der Waals surface area contributed by atoms with Crippen molar-refractivity contribution in [1.29, 1.82) is 0 Å². The number of rotatable bonds is 8. The van der Waals surface area contributed by atoms with Crippen LogP contribution in [0, 0.1) is 34.6 Å². The summed E-state index contributed by atoms with van der Waals surface area (Å²) in [6.45, 7) is 10.2. The van der Waals surface area contributed by atoms with E-state index in [0.29, 0.717) is 26.8 Å². The van der Waals surface area contributed by atoms with E-state index in [-0.39, 0.29) is 18.3 Å². The number of carbonyl (C=O) groups excluding carboxylic acids is 1. The Kier molecular flexibility index (Phi) is 8.47. The Balaban J connectivity index is 1.58. The number of thioether (sulfide) groups is 1. The lowest BCUT2D eigenvalue weighted by atomic mass is 10.1. The minimum atomic E-state index is -0.110. The standard InChI is InChI=1S/C28H28Cl2N4O2S/c1-16-6-7-18(3)23(12-16)34-25(14-36-24-9-8-21(29)13-22(24)30)32-33-28(34)37-15-26(35)31-27-19(4)10-17(2)11-20(27)5/h6-13H,14-15H2,1-5H3,(H,31,35). The van der Waals surface area contributed by atoms with Crippen LogP contribution in [0.25, 0.3) is 5.69 Å². The van der Waals surface area contributed by atoms with Crippen molar-refractivity contribution >= 4 is 46.6 Å². The number of carbonyl (C=O) groups is 1. The van der Waals surface area contributed by atoms with Crippen molar-refractivity contribution in [2.75, 3.05) is 11.1 Å². The summed E-state index contributed by atoms with van der Waals surface area (Å²) >= 11 is 13.6. The fraction of sp³-hybridized carbons (Fsp3) is 0.250. The molecule has 0 aliphatic carbocycles. The highest BCUT2D eigenvalue weighted by molar-refractivity contribution is 7.99. The molecule has 0 saturated heterocycles. The largest absolute Gasteiger partial charge is 0.484 e. The van der Waals surface area contributed by atoms with Gasteiger partial charge < -0.3 is 10.1 Å². The van der Waals surface area contributed by atoms with Gasteiger partial charge in [0.15, 0.2) is 11.0 Å². The quantitative estimate of drug-likeness (QED) is 0.229. The van der Waals surface area contributed by atoms with E-state index >= 15 is 0 Å². The molecule has 0 aliphatic heterocycles. The zero-order chi connectivity index (χ0) is 26.7. The molecule has 3 aromatic carbocycles. The molecule has 4 aromatic rings. The van der Waals surface area contributed by atoms with Crippen molar-refractivity contribution in [1.82, 2.24) is 14.8 Å².